The van der Waals surface area contributed by atoms with Gasteiger partial charge in [-0.25, -0.2) is 0 Å². The molecule has 0 saturated carbocycles. The molecule has 1 heterocycles. The van der Waals surface area contributed by atoms with E-state index in [1.807, 2.05) is 25.7 Å². The van der Waals surface area contributed by atoms with Crippen molar-refractivity contribution in [2.45, 2.75) is 59.4 Å². The summed E-state index contributed by atoms with van der Waals surface area (Å²) in [6.07, 6.45) is 2.96. The summed E-state index contributed by atoms with van der Waals surface area (Å²) in [5.74, 6) is 0.299. The van der Waals surface area contributed by atoms with E-state index in [4.69, 9.17) is 0 Å². The minimum absolute atomic E-state index is 0.118. The fourth-order valence-corrected chi connectivity index (χ4v) is 1.76. The summed E-state index contributed by atoms with van der Waals surface area (Å²) in [7, 11) is 0. The predicted molar refractivity (Wildman–Crippen MR) is 56.7 cm³/mol. The molecule has 1 amide bonds. The highest BCUT2D eigenvalue weighted by molar-refractivity contribution is 5.76. The maximum atomic E-state index is 11.4. The molecule has 2 heteroatoms. The molecule has 0 aromatic heterocycles. The fourth-order valence-electron chi connectivity index (χ4n) is 1.76. The molecule has 78 valence electrons. The summed E-state index contributed by atoms with van der Waals surface area (Å²) in [5, 5.41) is 0. The maximum Gasteiger partial charge on any atom is 0.222 e. The van der Waals surface area contributed by atoms with Gasteiger partial charge in [0.05, 0.1) is 0 Å². The minimum atomic E-state index is 0.118. The monoisotopic (exact) mass is 185 g/mol. The van der Waals surface area contributed by atoms with Crippen molar-refractivity contribution in [2.24, 2.45) is 0 Å². The van der Waals surface area contributed by atoms with Crippen molar-refractivity contribution in [1.82, 2.24) is 4.90 Å². The number of carbonyl (C=O) groups is 1. The van der Waals surface area contributed by atoms with E-state index in [1.54, 1.807) is 0 Å². The number of hydrogen-bond donors (Lipinski definition) is 0. The van der Waals surface area contributed by atoms with E-state index in [0.717, 1.165) is 13.0 Å². The molecule has 0 unspecified atom stereocenters. The second-order valence-electron chi connectivity index (χ2n) is 3.81. The van der Waals surface area contributed by atoms with Gasteiger partial charge in [-0.15, -0.1) is 0 Å². The van der Waals surface area contributed by atoms with Gasteiger partial charge in [0, 0.05) is 18.5 Å². The number of carbonyl (C=O) groups excluding carboxylic acids is 1. The van der Waals surface area contributed by atoms with E-state index < -0.39 is 0 Å². The number of rotatable bonds is 1. The quantitative estimate of drug-likeness (QED) is 0.615. The second kappa shape index (κ2) is 5.25. The van der Waals surface area contributed by atoms with Crippen LogP contribution in [0.3, 0.4) is 0 Å². The first kappa shape index (κ1) is 12.5. The van der Waals surface area contributed by atoms with Crippen LogP contribution in [0.25, 0.3) is 0 Å². The van der Waals surface area contributed by atoms with Crippen LogP contribution in [0, 0.1) is 0 Å². The molecule has 0 aliphatic carbocycles. The third-order valence-electron chi connectivity index (χ3n) is 2.50. The van der Waals surface area contributed by atoms with Gasteiger partial charge in [-0.05, 0) is 26.7 Å². The van der Waals surface area contributed by atoms with E-state index in [9.17, 15) is 4.79 Å². The zero-order valence-electron chi connectivity index (χ0n) is 9.68. The lowest BCUT2D eigenvalue weighted by Crippen LogP contribution is -2.42. The molecule has 2 nitrogen and oxygen atoms in total. The number of hydrogen-bond acceptors (Lipinski definition) is 1. The molecule has 0 radical (unpaired) electrons. The Bertz CT molecular complexity index is 163. The van der Waals surface area contributed by atoms with Crippen LogP contribution >= 0.6 is 0 Å². The van der Waals surface area contributed by atoms with Crippen molar-refractivity contribution < 1.29 is 4.79 Å². The zero-order chi connectivity index (χ0) is 10.5. The highest BCUT2D eigenvalue weighted by Gasteiger charge is 2.34. The predicted octanol–water partition coefficient (Wildman–Crippen LogP) is 2.82. The average molecular weight is 185 g/mol. The van der Waals surface area contributed by atoms with Gasteiger partial charge in [-0.1, -0.05) is 20.8 Å². The summed E-state index contributed by atoms with van der Waals surface area (Å²) in [6.45, 7) is 11.2. The SMILES string of the molecule is CC.CCC(=O)N1CCCC1(C)C. The number of likely N-dealkylation sites (tertiary alicyclic amines) is 1. The van der Waals surface area contributed by atoms with Crippen LogP contribution < -0.4 is 0 Å². The molecule has 1 rings (SSSR count). The molecule has 13 heavy (non-hydrogen) atoms. The Morgan fingerprint density at radius 3 is 2.23 bits per heavy atom. The summed E-state index contributed by atoms with van der Waals surface area (Å²) in [6, 6.07) is 0. The summed E-state index contributed by atoms with van der Waals surface area (Å²) in [4.78, 5) is 13.4. The van der Waals surface area contributed by atoms with Gasteiger partial charge in [0.1, 0.15) is 0 Å². The maximum absolute atomic E-state index is 11.4. The highest BCUT2D eigenvalue weighted by Crippen LogP contribution is 2.28. The van der Waals surface area contributed by atoms with Crippen molar-refractivity contribution >= 4 is 5.91 Å². The first-order chi connectivity index (χ1) is 6.08. The molecule has 0 aromatic carbocycles. The molecule has 0 N–H and O–H groups in total. The Morgan fingerprint density at radius 1 is 1.38 bits per heavy atom. The normalized spacial score (nSPS) is 19.3. The van der Waals surface area contributed by atoms with E-state index >= 15 is 0 Å². The largest absolute Gasteiger partial charge is 0.338 e. The molecule has 1 aliphatic rings. The molecular formula is C11H23NO. The lowest BCUT2D eigenvalue weighted by atomic mass is 10.0. The molecule has 0 bridgehead atoms. The van der Waals surface area contributed by atoms with Crippen LogP contribution in [0.15, 0.2) is 0 Å². The standard InChI is InChI=1S/C9H17NO.C2H6/c1-4-8(11)10-7-5-6-9(10,2)3;1-2/h4-7H2,1-3H3;1-2H3. The molecule has 0 atom stereocenters. The molecule has 1 saturated heterocycles. The Hall–Kier alpha value is -0.530. The smallest absolute Gasteiger partial charge is 0.222 e. The summed E-state index contributed by atoms with van der Waals surface area (Å²) < 4.78 is 0. The van der Waals surface area contributed by atoms with Gasteiger partial charge >= 0.3 is 0 Å². The average Bonchev–Trinajstić information content (AvgIpc) is 2.47. The summed E-state index contributed by atoms with van der Waals surface area (Å²) >= 11 is 0. The first-order valence-corrected chi connectivity index (χ1v) is 5.38. The van der Waals surface area contributed by atoms with Crippen molar-refractivity contribution in [3.8, 4) is 0 Å². The molecule has 0 aromatic rings. The second-order valence-corrected chi connectivity index (χ2v) is 3.81. The van der Waals surface area contributed by atoms with Crippen molar-refractivity contribution in [1.29, 1.82) is 0 Å². The Morgan fingerprint density at radius 2 is 1.92 bits per heavy atom. The van der Waals surface area contributed by atoms with Gasteiger partial charge < -0.3 is 4.90 Å². The number of amides is 1. The van der Waals surface area contributed by atoms with Crippen molar-refractivity contribution in [3.05, 3.63) is 0 Å². The molecule has 1 aliphatic heterocycles. The van der Waals surface area contributed by atoms with E-state index in [2.05, 4.69) is 13.8 Å². The molecule has 1 fully saturated rings. The Labute approximate surface area is 82.3 Å². The van der Waals surface area contributed by atoms with Gasteiger partial charge in [0.15, 0.2) is 0 Å². The highest BCUT2D eigenvalue weighted by atomic mass is 16.2. The van der Waals surface area contributed by atoms with Gasteiger partial charge in [-0.2, -0.15) is 0 Å². The van der Waals surface area contributed by atoms with Crippen LogP contribution in [0.1, 0.15) is 53.9 Å². The van der Waals surface area contributed by atoms with Gasteiger partial charge in [-0.3, -0.25) is 4.79 Å². The van der Waals surface area contributed by atoms with E-state index in [-0.39, 0.29) is 5.54 Å². The molecular weight excluding hydrogens is 162 g/mol. The van der Waals surface area contributed by atoms with Crippen LogP contribution in [-0.4, -0.2) is 22.9 Å². The van der Waals surface area contributed by atoms with E-state index in [0.29, 0.717) is 12.3 Å². The van der Waals surface area contributed by atoms with Crippen LogP contribution in [0.4, 0.5) is 0 Å². The van der Waals surface area contributed by atoms with Gasteiger partial charge in [0.25, 0.3) is 0 Å². The van der Waals surface area contributed by atoms with Crippen LogP contribution in [0.2, 0.25) is 0 Å². The topological polar surface area (TPSA) is 20.3 Å². The third kappa shape index (κ3) is 3.02. The van der Waals surface area contributed by atoms with Crippen molar-refractivity contribution in [3.63, 3.8) is 0 Å². The molecule has 0 spiro atoms. The lowest BCUT2D eigenvalue weighted by molar-refractivity contribution is -0.133. The summed E-state index contributed by atoms with van der Waals surface area (Å²) in [5.41, 5.74) is 0.118. The van der Waals surface area contributed by atoms with Crippen LogP contribution in [0.5, 0.6) is 0 Å². The third-order valence-corrected chi connectivity index (χ3v) is 2.50. The minimum Gasteiger partial charge on any atom is -0.338 e. The Balaban J connectivity index is 0.000000671. The van der Waals surface area contributed by atoms with Crippen LogP contribution in [-0.2, 0) is 4.79 Å². The first-order valence-electron chi connectivity index (χ1n) is 5.38. The van der Waals surface area contributed by atoms with Gasteiger partial charge in [0.2, 0.25) is 5.91 Å². The van der Waals surface area contributed by atoms with E-state index in [1.165, 1.54) is 6.42 Å². The number of nitrogens with zero attached hydrogens (tertiary/aromatic N) is 1. The van der Waals surface area contributed by atoms with Crippen molar-refractivity contribution in [2.75, 3.05) is 6.54 Å². The Kier molecular flexibility index (Phi) is 5.04. The fraction of sp³-hybridized carbons (Fsp3) is 0.909. The lowest BCUT2D eigenvalue weighted by Gasteiger charge is -2.31. The zero-order valence-corrected chi connectivity index (χ0v) is 9.68.